The Morgan fingerprint density at radius 3 is 2.30 bits per heavy atom. The zero-order chi connectivity index (χ0) is 14.5. The first-order chi connectivity index (χ1) is 9.47. The Hall–Kier alpha value is -1.40. The lowest BCUT2D eigenvalue weighted by Gasteiger charge is -2.35. The molecule has 3 aliphatic rings. The summed E-state index contributed by atoms with van der Waals surface area (Å²) in [5, 5.41) is 0. The molecule has 0 amide bonds. The lowest BCUT2D eigenvalue weighted by molar-refractivity contribution is -0.183. The third-order valence-corrected chi connectivity index (χ3v) is 4.61. The zero-order valence-electron chi connectivity index (χ0n) is 11.9. The van der Waals surface area contributed by atoms with Gasteiger partial charge in [-0.2, -0.15) is 0 Å². The quantitative estimate of drug-likeness (QED) is 0.698. The minimum Gasteiger partial charge on any atom is -0.466 e. The van der Waals surface area contributed by atoms with Gasteiger partial charge in [-0.15, -0.1) is 0 Å². The fourth-order valence-electron chi connectivity index (χ4n) is 3.94. The smallest absolute Gasteiger partial charge is 0.334 e. The largest absolute Gasteiger partial charge is 0.466 e. The summed E-state index contributed by atoms with van der Waals surface area (Å²) >= 11 is 0. The maximum Gasteiger partial charge on any atom is 0.334 e. The van der Waals surface area contributed by atoms with Gasteiger partial charge >= 0.3 is 11.9 Å². The van der Waals surface area contributed by atoms with Crippen molar-refractivity contribution in [2.45, 2.75) is 25.6 Å². The maximum absolute atomic E-state index is 12.1. The number of hydrogen-bond donors (Lipinski definition) is 0. The molecule has 0 aromatic carbocycles. The number of carbonyl (C=O) groups is 2. The van der Waals surface area contributed by atoms with Crippen molar-refractivity contribution in [3.63, 3.8) is 0 Å². The summed E-state index contributed by atoms with van der Waals surface area (Å²) in [6.07, 6.45) is 1.21. The summed E-state index contributed by atoms with van der Waals surface area (Å²) in [5.74, 6) is -2.02. The first-order valence-corrected chi connectivity index (χ1v) is 6.66. The summed E-state index contributed by atoms with van der Waals surface area (Å²) in [6, 6.07) is 0. The minimum atomic E-state index is -0.782. The van der Waals surface area contributed by atoms with E-state index in [2.05, 4.69) is 0 Å². The highest BCUT2D eigenvalue weighted by molar-refractivity contribution is 6.03. The Kier molecular flexibility index (Phi) is 2.92. The fourth-order valence-corrected chi connectivity index (χ4v) is 3.94. The second kappa shape index (κ2) is 4.30. The predicted molar refractivity (Wildman–Crippen MR) is 66.5 cm³/mol. The van der Waals surface area contributed by atoms with E-state index in [9.17, 15) is 9.59 Å². The molecule has 0 N–H and O–H groups in total. The number of esters is 2. The highest BCUT2D eigenvalue weighted by atomic mass is 16.7. The molecule has 110 valence electrons. The van der Waals surface area contributed by atoms with E-state index < -0.39 is 23.1 Å². The molecule has 2 aliphatic carbocycles. The van der Waals surface area contributed by atoms with Crippen LogP contribution < -0.4 is 0 Å². The average molecular weight is 282 g/mol. The number of fused-ring (bicyclic) bond motifs is 3. The van der Waals surface area contributed by atoms with Crippen LogP contribution in [0.25, 0.3) is 0 Å². The van der Waals surface area contributed by atoms with Gasteiger partial charge < -0.3 is 18.9 Å². The molecule has 1 spiro atoms. The van der Waals surface area contributed by atoms with Gasteiger partial charge in [0.05, 0.1) is 38.6 Å². The average Bonchev–Trinajstić information content (AvgIpc) is 3.08. The van der Waals surface area contributed by atoms with Crippen molar-refractivity contribution in [3.8, 4) is 0 Å². The maximum atomic E-state index is 12.1. The van der Waals surface area contributed by atoms with Crippen LogP contribution in [0, 0.1) is 11.3 Å². The molecule has 1 aliphatic heterocycles. The second-order valence-corrected chi connectivity index (χ2v) is 5.77. The van der Waals surface area contributed by atoms with Gasteiger partial charge in [0.15, 0.2) is 5.79 Å². The van der Waals surface area contributed by atoms with Crippen molar-refractivity contribution < 1.29 is 28.5 Å². The molecule has 6 heteroatoms. The van der Waals surface area contributed by atoms with Crippen LogP contribution in [0.1, 0.15) is 19.8 Å². The molecule has 0 unspecified atom stereocenters. The molecule has 6 nitrogen and oxygen atoms in total. The van der Waals surface area contributed by atoms with E-state index >= 15 is 0 Å². The van der Waals surface area contributed by atoms with E-state index in [0.717, 1.165) is 0 Å². The molecule has 1 heterocycles. The first-order valence-electron chi connectivity index (χ1n) is 6.66. The van der Waals surface area contributed by atoms with E-state index in [1.54, 1.807) is 0 Å². The second-order valence-electron chi connectivity index (χ2n) is 5.77. The molecule has 3 rings (SSSR count). The number of hydrogen-bond acceptors (Lipinski definition) is 6. The standard InChI is InChI=1S/C14H18O6/c1-13-6-8(14(7-13)19-4-5-20-14)9(11(15)17-2)10(13)12(16)18-3/h8H,4-7H2,1-3H3/t8-,13-/m1/s1. The molecular formula is C14H18O6. The number of methoxy groups -OCH3 is 2. The van der Waals surface area contributed by atoms with Crippen LogP contribution in [0.5, 0.6) is 0 Å². The zero-order valence-corrected chi connectivity index (χ0v) is 11.9. The van der Waals surface area contributed by atoms with Crippen molar-refractivity contribution in [1.29, 1.82) is 0 Å². The van der Waals surface area contributed by atoms with Crippen molar-refractivity contribution in [3.05, 3.63) is 11.1 Å². The number of ether oxygens (including phenoxy) is 4. The lowest BCUT2D eigenvalue weighted by atomic mass is 9.78. The first kappa shape index (κ1) is 13.6. The van der Waals surface area contributed by atoms with Crippen LogP contribution in [0.3, 0.4) is 0 Å². The Morgan fingerprint density at radius 2 is 1.75 bits per heavy atom. The Bertz CT molecular complexity index is 502. The molecule has 2 fully saturated rings. The van der Waals surface area contributed by atoms with Crippen molar-refractivity contribution in [2.24, 2.45) is 11.3 Å². The highest BCUT2D eigenvalue weighted by Crippen LogP contribution is 2.64. The molecule has 1 saturated carbocycles. The van der Waals surface area contributed by atoms with Crippen LogP contribution in [-0.2, 0) is 28.5 Å². The third-order valence-electron chi connectivity index (χ3n) is 4.61. The van der Waals surface area contributed by atoms with E-state index in [-0.39, 0.29) is 5.92 Å². The van der Waals surface area contributed by atoms with Gasteiger partial charge in [0, 0.05) is 17.8 Å². The van der Waals surface area contributed by atoms with Crippen molar-refractivity contribution in [1.82, 2.24) is 0 Å². The van der Waals surface area contributed by atoms with Crippen molar-refractivity contribution >= 4 is 11.9 Å². The lowest BCUT2D eigenvalue weighted by Crippen LogP contribution is -2.42. The van der Waals surface area contributed by atoms with Crippen LogP contribution >= 0.6 is 0 Å². The SMILES string of the molecule is COC(=O)C1=C(C(=O)OC)[C@]2(C)C[C@H]1C1(C2)OCCO1. The van der Waals surface area contributed by atoms with Gasteiger partial charge in [-0.25, -0.2) is 9.59 Å². The third kappa shape index (κ3) is 1.58. The van der Waals surface area contributed by atoms with Gasteiger partial charge in [-0.1, -0.05) is 6.92 Å². The summed E-state index contributed by atoms with van der Waals surface area (Å²) in [5.41, 5.74) is 0.308. The number of rotatable bonds is 2. The van der Waals surface area contributed by atoms with Gasteiger partial charge in [-0.3, -0.25) is 0 Å². The molecule has 0 aromatic heterocycles. The van der Waals surface area contributed by atoms with Crippen molar-refractivity contribution in [2.75, 3.05) is 27.4 Å². The molecule has 0 radical (unpaired) electrons. The molecule has 1 saturated heterocycles. The van der Waals surface area contributed by atoms with Gasteiger partial charge in [0.25, 0.3) is 0 Å². The molecule has 0 aromatic rings. The fraction of sp³-hybridized carbons (Fsp3) is 0.714. The van der Waals surface area contributed by atoms with E-state index in [4.69, 9.17) is 18.9 Å². The van der Waals surface area contributed by atoms with Crippen LogP contribution in [0.2, 0.25) is 0 Å². The minimum absolute atomic E-state index is 0.267. The van der Waals surface area contributed by atoms with Crippen LogP contribution in [0.4, 0.5) is 0 Å². The van der Waals surface area contributed by atoms with E-state index in [0.29, 0.717) is 37.2 Å². The van der Waals surface area contributed by atoms with Gasteiger partial charge in [0.1, 0.15) is 0 Å². The Morgan fingerprint density at radius 1 is 1.15 bits per heavy atom. The molecule has 2 atom stereocenters. The summed E-state index contributed by atoms with van der Waals surface area (Å²) in [4.78, 5) is 24.2. The van der Waals surface area contributed by atoms with Crippen LogP contribution in [-0.4, -0.2) is 45.2 Å². The summed E-state index contributed by atoms with van der Waals surface area (Å²) in [6.45, 7) is 2.96. The van der Waals surface area contributed by atoms with E-state index in [1.165, 1.54) is 14.2 Å². The van der Waals surface area contributed by atoms with Gasteiger partial charge in [-0.05, 0) is 6.42 Å². The normalized spacial score (nSPS) is 33.9. The number of carbonyl (C=O) groups excluding carboxylic acids is 2. The van der Waals surface area contributed by atoms with E-state index in [1.807, 2.05) is 6.92 Å². The predicted octanol–water partition coefficient (Wildman–Crippen LogP) is 0.802. The molecule has 20 heavy (non-hydrogen) atoms. The topological polar surface area (TPSA) is 71.1 Å². The molecular weight excluding hydrogens is 264 g/mol. The monoisotopic (exact) mass is 282 g/mol. The molecule has 2 bridgehead atoms. The van der Waals surface area contributed by atoms with Crippen LogP contribution in [0.15, 0.2) is 11.1 Å². The van der Waals surface area contributed by atoms with Gasteiger partial charge in [0.2, 0.25) is 0 Å². The summed E-state index contributed by atoms with van der Waals surface area (Å²) in [7, 11) is 2.62. The summed E-state index contributed by atoms with van der Waals surface area (Å²) < 4.78 is 21.2. The Labute approximate surface area is 117 Å². The Balaban J connectivity index is 2.11. The highest BCUT2D eigenvalue weighted by Gasteiger charge is 2.66.